The highest BCUT2D eigenvalue weighted by atomic mass is 32.1. The molecule has 44 heavy (non-hydrogen) atoms. The monoisotopic (exact) mass is 607 g/mol. The molecule has 0 atom stereocenters. The van der Waals surface area contributed by atoms with Crippen molar-refractivity contribution in [1.82, 2.24) is 29.7 Å². The van der Waals surface area contributed by atoms with Crippen LogP contribution in [0.15, 0.2) is 108 Å². The summed E-state index contributed by atoms with van der Waals surface area (Å²) in [6, 6.07) is 27.4. The first-order valence-corrected chi connectivity index (χ1v) is 15.0. The number of nitrogens with zero attached hydrogens (tertiary/aromatic N) is 9. The largest absolute Gasteiger partial charge is 0.505 e. The SMILES string of the molecule is N#Cc1cnn(-c2ncccn2)c1/N=N/c1c(O)c(-c2nc3ccccc3s2)cc2cc(-c3nc4ccccc4s3)ccc12. The average Bonchev–Trinajstić information content (AvgIpc) is 3.80. The molecule has 8 rings (SSSR count). The van der Waals surface area contributed by atoms with Gasteiger partial charge in [-0.2, -0.15) is 15.0 Å². The summed E-state index contributed by atoms with van der Waals surface area (Å²) >= 11 is 3.10. The molecule has 0 saturated carbocycles. The number of benzene rings is 4. The molecule has 0 radical (unpaired) electrons. The molecule has 12 heteroatoms. The highest BCUT2D eigenvalue weighted by Gasteiger charge is 2.20. The van der Waals surface area contributed by atoms with Gasteiger partial charge in [0.05, 0.1) is 32.2 Å². The predicted octanol–water partition coefficient (Wildman–Crippen LogP) is 8.36. The molecular formula is C32H17N9OS2. The second kappa shape index (κ2) is 10.4. The van der Waals surface area contributed by atoms with Gasteiger partial charge in [0.25, 0.3) is 5.95 Å². The highest BCUT2D eigenvalue weighted by Crippen LogP contribution is 2.46. The number of hydrogen-bond donors (Lipinski definition) is 1. The molecule has 0 unspecified atom stereocenters. The van der Waals surface area contributed by atoms with Crippen LogP contribution in [0.4, 0.5) is 11.5 Å². The van der Waals surface area contributed by atoms with E-state index in [2.05, 4.69) is 37.4 Å². The zero-order chi connectivity index (χ0) is 29.6. The first kappa shape index (κ1) is 25.8. The Morgan fingerprint density at radius 2 is 1.50 bits per heavy atom. The van der Waals surface area contributed by atoms with Crippen molar-refractivity contribution in [2.75, 3.05) is 0 Å². The number of hydrogen-bond acceptors (Lipinski definition) is 11. The van der Waals surface area contributed by atoms with Gasteiger partial charge in [-0.15, -0.1) is 32.9 Å². The van der Waals surface area contributed by atoms with Gasteiger partial charge in [-0.1, -0.05) is 36.4 Å². The van der Waals surface area contributed by atoms with Crippen molar-refractivity contribution < 1.29 is 5.11 Å². The summed E-state index contributed by atoms with van der Waals surface area (Å²) < 4.78 is 3.44. The Hall–Kier alpha value is -5.90. The zero-order valence-corrected chi connectivity index (χ0v) is 24.2. The third kappa shape index (κ3) is 4.35. The number of phenolic OH excluding ortho intramolecular Hbond substituents is 1. The summed E-state index contributed by atoms with van der Waals surface area (Å²) in [5.74, 6) is 0.303. The molecule has 0 fully saturated rings. The average molecular weight is 608 g/mol. The molecule has 0 aliphatic rings. The topological polar surface area (TPSA) is 138 Å². The molecule has 4 aromatic carbocycles. The summed E-state index contributed by atoms with van der Waals surface area (Å²) in [5, 5.41) is 37.6. The van der Waals surface area contributed by atoms with Crippen molar-refractivity contribution in [3.8, 4) is 38.9 Å². The van der Waals surface area contributed by atoms with E-state index in [0.29, 0.717) is 16.0 Å². The molecule has 0 saturated heterocycles. The van der Waals surface area contributed by atoms with E-state index in [1.807, 2.05) is 66.7 Å². The van der Waals surface area contributed by atoms with Crippen LogP contribution in [-0.4, -0.2) is 34.8 Å². The minimum absolute atomic E-state index is 0.0754. The van der Waals surface area contributed by atoms with Gasteiger partial charge in [-0.25, -0.2) is 19.9 Å². The maximum Gasteiger partial charge on any atom is 0.252 e. The first-order valence-electron chi connectivity index (χ1n) is 13.3. The highest BCUT2D eigenvalue weighted by molar-refractivity contribution is 7.22. The predicted molar refractivity (Wildman–Crippen MR) is 171 cm³/mol. The van der Waals surface area contributed by atoms with E-state index in [1.54, 1.807) is 29.8 Å². The smallest absolute Gasteiger partial charge is 0.252 e. The van der Waals surface area contributed by atoms with Gasteiger partial charge in [-0.05, 0) is 47.9 Å². The molecule has 10 nitrogen and oxygen atoms in total. The Balaban J connectivity index is 1.33. The van der Waals surface area contributed by atoms with Crippen LogP contribution in [-0.2, 0) is 0 Å². The lowest BCUT2D eigenvalue weighted by Gasteiger charge is -2.10. The van der Waals surface area contributed by atoms with E-state index in [9.17, 15) is 10.4 Å². The van der Waals surface area contributed by atoms with Crippen LogP contribution in [0, 0.1) is 11.3 Å². The van der Waals surface area contributed by atoms with E-state index in [-0.39, 0.29) is 28.8 Å². The summed E-state index contributed by atoms with van der Waals surface area (Å²) in [6.07, 6.45) is 4.52. The van der Waals surface area contributed by atoms with Crippen LogP contribution in [0.5, 0.6) is 5.75 Å². The number of rotatable bonds is 5. The van der Waals surface area contributed by atoms with Gasteiger partial charge in [0.2, 0.25) is 0 Å². The minimum atomic E-state index is -0.0754. The van der Waals surface area contributed by atoms with Crippen molar-refractivity contribution >= 4 is 65.4 Å². The van der Waals surface area contributed by atoms with Crippen molar-refractivity contribution in [2.24, 2.45) is 10.2 Å². The van der Waals surface area contributed by atoms with Crippen molar-refractivity contribution in [1.29, 1.82) is 5.26 Å². The van der Waals surface area contributed by atoms with E-state index in [4.69, 9.17) is 9.97 Å². The standard InChI is InChI=1S/C32H17N9OS2/c33-16-20-17-36-41(32-34-12-5-13-35-32)29(20)40-39-27-21-11-10-18(30-37-23-6-1-3-8-25(23)43-30)14-19(21)15-22(28(27)42)31-38-24-7-2-4-9-26(24)44-31/h1-15,17,42H/b40-39+. The Kier molecular flexibility index (Phi) is 6.11. The number of aromatic hydroxyl groups is 1. The molecule has 8 aromatic rings. The molecule has 0 bridgehead atoms. The normalized spacial score (nSPS) is 11.6. The zero-order valence-electron chi connectivity index (χ0n) is 22.5. The number of azo groups is 1. The lowest BCUT2D eigenvalue weighted by molar-refractivity contribution is 0.479. The molecule has 0 spiro atoms. The Morgan fingerprint density at radius 1 is 0.795 bits per heavy atom. The molecule has 4 heterocycles. The maximum absolute atomic E-state index is 11.7. The third-order valence-electron chi connectivity index (χ3n) is 7.00. The van der Waals surface area contributed by atoms with Crippen molar-refractivity contribution in [2.45, 2.75) is 0 Å². The second-order valence-corrected chi connectivity index (χ2v) is 11.7. The van der Waals surface area contributed by atoms with Crippen LogP contribution < -0.4 is 0 Å². The van der Waals surface area contributed by atoms with Crippen LogP contribution in [0.1, 0.15) is 5.56 Å². The third-order valence-corrected chi connectivity index (χ3v) is 9.16. The summed E-state index contributed by atoms with van der Waals surface area (Å²) in [5.41, 5.74) is 3.66. The van der Waals surface area contributed by atoms with E-state index in [1.165, 1.54) is 22.2 Å². The molecule has 0 aliphatic heterocycles. The van der Waals surface area contributed by atoms with Crippen LogP contribution in [0.25, 0.3) is 58.3 Å². The van der Waals surface area contributed by atoms with Crippen LogP contribution >= 0.6 is 22.7 Å². The molecule has 4 aromatic heterocycles. The number of aromatic nitrogens is 6. The Labute approximate surface area is 256 Å². The fourth-order valence-corrected chi connectivity index (χ4v) is 6.86. The van der Waals surface area contributed by atoms with Gasteiger partial charge in [-0.3, -0.25) is 0 Å². The van der Waals surface area contributed by atoms with Crippen LogP contribution in [0.3, 0.4) is 0 Å². The maximum atomic E-state index is 11.7. The lowest BCUT2D eigenvalue weighted by atomic mass is 10.0. The fraction of sp³-hybridized carbons (Fsp3) is 0. The van der Waals surface area contributed by atoms with Crippen molar-refractivity contribution in [3.05, 3.63) is 103 Å². The first-order chi connectivity index (χ1) is 21.7. The van der Waals surface area contributed by atoms with E-state index < -0.39 is 0 Å². The van der Waals surface area contributed by atoms with Crippen molar-refractivity contribution in [3.63, 3.8) is 0 Å². The molecule has 1 N–H and O–H groups in total. The summed E-state index contributed by atoms with van der Waals surface area (Å²) in [4.78, 5) is 18.1. The van der Waals surface area contributed by atoms with E-state index in [0.717, 1.165) is 36.4 Å². The van der Waals surface area contributed by atoms with Gasteiger partial charge in [0, 0.05) is 23.3 Å². The second-order valence-electron chi connectivity index (χ2n) is 9.68. The summed E-state index contributed by atoms with van der Waals surface area (Å²) in [6.45, 7) is 0. The number of para-hydroxylation sites is 2. The molecular weight excluding hydrogens is 591 g/mol. The van der Waals surface area contributed by atoms with E-state index >= 15 is 0 Å². The molecule has 208 valence electrons. The Bertz CT molecular complexity index is 2370. The number of thiazole rings is 2. The number of phenols is 1. The number of fused-ring (bicyclic) bond motifs is 3. The van der Waals surface area contributed by atoms with Gasteiger partial charge in [0.1, 0.15) is 27.3 Å². The quantitative estimate of drug-likeness (QED) is 0.194. The molecule has 0 aliphatic carbocycles. The fourth-order valence-electron chi connectivity index (χ4n) is 4.92. The Morgan fingerprint density at radius 3 is 2.23 bits per heavy atom. The van der Waals surface area contributed by atoms with Crippen LogP contribution in [0.2, 0.25) is 0 Å². The molecule has 0 amide bonds. The minimum Gasteiger partial charge on any atom is -0.505 e. The van der Waals surface area contributed by atoms with Gasteiger partial charge < -0.3 is 5.11 Å². The van der Waals surface area contributed by atoms with Gasteiger partial charge >= 0.3 is 0 Å². The number of nitriles is 1. The summed E-state index contributed by atoms with van der Waals surface area (Å²) in [7, 11) is 0. The van der Waals surface area contributed by atoms with Gasteiger partial charge in [0.15, 0.2) is 11.6 Å². The lowest BCUT2D eigenvalue weighted by Crippen LogP contribution is -2.01.